The molecule has 5 atom stereocenters. The molecule has 0 saturated carbocycles. The summed E-state index contributed by atoms with van der Waals surface area (Å²) in [6, 6.07) is 26.8. The standard InChI is InChI=1S/C57H79N7O12/c1-55(2,3)48(59-39-65)51(67)63-64(37-42-24-26-43(27-25-42)44-23-17-18-28-58-44)38-47(75-52(68)46(36-41-21-15-12-16-22-41)61-54(70)76-57(7,8)9)45(35-40-19-13-11-14-20-40)60-50(66)49(56(4,5)6)62-53(69)74-34-33-73-32-31-72-30-29-71-10/h11-28,39,45-49H,29-38H2,1-10H3,(H,59,65)(H,60,66)(H,61,70)(H,62,69)(H,63,67). The van der Waals surface area contributed by atoms with Gasteiger partial charge < -0.3 is 49.7 Å². The first kappa shape index (κ1) is 61.6. The van der Waals surface area contributed by atoms with Crippen molar-refractivity contribution in [2.75, 3.05) is 53.3 Å². The highest BCUT2D eigenvalue weighted by atomic mass is 16.6. The van der Waals surface area contributed by atoms with Crippen molar-refractivity contribution < 1.29 is 57.2 Å². The molecule has 1 aromatic heterocycles. The number of benzene rings is 3. The van der Waals surface area contributed by atoms with E-state index in [0.717, 1.165) is 22.4 Å². The number of hydrogen-bond donors (Lipinski definition) is 5. The first-order valence-corrected chi connectivity index (χ1v) is 25.5. The van der Waals surface area contributed by atoms with E-state index in [4.69, 9.17) is 28.4 Å². The lowest BCUT2D eigenvalue weighted by Crippen LogP contribution is -2.61. The van der Waals surface area contributed by atoms with Gasteiger partial charge in [-0.2, -0.15) is 0 Å². The molecule has 0 aliphatic rings. The molecule has 19 heteroatoms. The molecule has 4 rings (SSSR count). The molecule has 3 aromatic carbocycles. The summed E-state index contributed by atoms with van der Waals surface area (Å²) in [7, 11) is 1.58. The SMILES string of the molecule is COCCOCCOCCOC(=O)NC(C(=O)NC(Cc1ccccc1)C(CN(Cc1ccc(-c2ccccn2)cc1)NC(=O)C(NC=O)C(C)(C)C)OC(=O)C(Cc1ccccc1)NC(=O)OC(C)(C)C)C(C)(C)C. The van der Waals surface area contributed by atoms with Gasteiger partial charge in [0.1, 0.15) is 36.4 Å². The van der Waals surface area contributed by atoms with Crippen molar-refractivity contribution in [2.45, 2.75) is 118 Å². The third-order valence-corrected chi connectivity index (χ3v) is 11.6. The van der Waals surface area contributed by atoms with Gasteiger partial charge in [0.25, 0.3) is 5.91 Å². The summed E-state index contributed by atoms with van der Waals surface area (Å²) in [5.41, 5.74) is 4.22. The fraction of sp³-hybridized carbons (Fsp3) is 0.491. The Morgan fingerprint density at radius 2 is 1.20 bits per heavy atom. The molecule has 0 bridgehead atoms. The van der Waals surface area contributed by atoms with Gasteiger partial charge >= 0.3 is 18.2 Å². The summed E-state index contributed by atoms with van der Waals surface area (Å²) in [4.78, 5) is 87.5. The second kappa shape index (κ2) is 30.6. The van der Waals surface area contributed by atoms with Crippen LogP contribution < -0.4 is 26.7 Å². The number of alkyl carbamates (subject to hydrolysis) is 2. The molecule has 76 heavy (non-hydrogen) atoms. The summed E-state index contributed by atoms with van der Waals surface area (Å²) in [6.45, 7) is 17.1. The number of nitrogens with one attached hydrogen (secondary N) is 5. The van der Waals surface area contributed by atoms with Gasteiger partial charge in [0.15, 0.2) is 0 Å². The Labute approximate surface area is 447 Å². The molecule has 0 aliphatic carbocycles. The zero-order valence-corrected chi connectivity index (χ0v) is 45.7. The first-order chi connectivity index (χ1) is 36.1. The van der Waals surface area contributed by atoms with Gasteiger partial charge in [0.05, 0.1) is 51.3 Å². The molecule has 5 amide bonds. The number of amides is 5. The molecule has 0 fully saturated rings. The van der Waals surface area contributed by atoms with E-state index >= 15 is 0 Å². The highest BCUT2D eigenvalue weighted by Crippen LogP contribution is 2.24. The minimum absolute atomic E-state index is 0.000377. The van der Waals surface area contributed by atoms with Crippen LogP contribution in [0.15, 0.2) is 109 Å². The molecule has 0 saturated heterocycles. The predicted octanol–water partition coefficient (Wildman–Crippen LogP) is 6.34. The Balaban J connectivity index is 1.80. The molecule has 19 nitrogen and oxygen atoms in total. The van der Waals surface area contributed by atoms with Crippen LogP contribution in [0.4, 0.5) is 9.59 Å². The van der Waals surface area contributed by atoms with Crippen LogP contribution in [0.25, 0.3) is 11.3 Å². The van der Waals surface area contributed by atoms with E-state index in [9.17, 15) is 28.8 Å². The van der Waals surface area contributed by atoms with Crippen LogP contribution in [0.2, 0.25) is 0 Å². The quantitative estimate of drug-likeness (QED) is 0.0131. The van der Waals surface area contributed by atoms with Gasteiger partial charge in [-0.25, -0.2) is 19.4 Å². The molecule has 0 radical (unpaired) electrons. The number of pyridine rings is 1. The molecule has 4 aromatic rings. The highest BCUT2D eigenvalue weighted by molar-refractivity contribution is 5.87. The van der Waals surface area contributed by atoms with Crippen LogP contribution in [0.1, 0.15) is 79.0 Å². The van der Waals surface area contributed by atoms with Gasteiger partial charge in [0, 0.05) is 31.8 Å². The van der Waals surface area contributed by atoms with Gasteiger partial charge in [-0.05, 0) is 66.8 Å². The highest BCUT2D eigenvalue weighted by Gasteiger charge is 2.39. The van der Waals surface area contributed by atoms with Gasteiger partial charge in [0.2, 0.25) is 12.3 Å². The summed E-state index contributed by atoms with van der Waals surface area (Å²) < 4.78 is 33.5. The Kier molecular flexibility index (Phi) is 24.8. The number of hydrazine groups is 1. The lowest BCUT2D eigenvalue weighted by molar-refractivity contribution is -0.156. The number of methoxy groups -OCH3 is 1. The topological polar surface area (TPSA) is 234 Å². The summed E-state index contributed by atoms with van der Waals surface area (Å²) in [5, 5.41) is 12.8. The zero-order chi connectivity index (χ0) is 55.7. The number of ether oxygens (including phenoxy) is 6. The van der Waals surface area contributed by atoms with E-state index in [2.05, 4.69) is 31.7 Å². The molecule has 1 heterocycles. The molecule has 0 spiro atoms. The summed E-state index contributed by atoms with van der Waals surface area (Å²) in [6.07, 6.45) is -0.790. The van der Waals surface area contributed by atoms with E-state index < -0.39 is 76.7 Å². The van der Waals surface area contributed by atoms with Crippen molar-refractivity contribution in [1.82, 2.24) is 36.7 Å². The molecule has 414 valence electrons. The van der Waals surface area contributed by atoms with E-state index in [0.29, 0.717) is 31.8 Å². The number of esters is 1. The van der Waals surface area contributed by atoms with E-state index in [1.807, 2.05) is 78.9 Å². The fourth-order valence-corrected chi connectivity index (χ4v) is 7.78. The second-order valence-electron chi connectivity index (χ2n) is 21.3. The lowest BCUT2D eigenvalue weighted by Gasteiger charge is -2.37. The second-order valence-corrected chi connectivity index (χ2v) is 21.3. The average Bonchev–Trinajstić information content (AvgIpc) is 3.36. The van der Waals surface area contributed by atoms with Crippen molar-refractivity contribution in [3.63, 3.8) is 0 Å². The van der Waals surface area contributed by atoms with E-state index in [1.165, 1.54) is 0 Å². The van der Waals surface area contributed by atoms with Crippen molar-refractivity contribution in [3.8, 4) is 11.3 Å². The van der Waals surface area contributed by atoms with Gasteiger partial charge in [-0.15, -0.1) is 0 Å². The van der Waals surface area contributed by atoms with Crippen molar-refractivity contribution in [2.24, 2.45) is 10.8 Å². The molecular formula is C57H79N7O12. The molecule has 0 aliphatic heterocycles. The largest absolute Gasteiger partial charge is 0.457 e. The average molecular weight is 1050 g/mol. The summed E-state index contributed by atoms with van der Waals surface area (Å²) >= 11 is 0. The van der Waals surface area contributed by atoms with E-state index in [1.54, 1.807) is 105 Å². The predicted molar refractivity (Wildman–Crippen MR) is 287 cm³/mol. The Hall–Kier alpha value is -6.93. The van der Waals surface area contributed by atoms with Crippen LogP contribution in [0.3, 0.4) is 0 Å². The van der Waals surface area contributed by atoms with E-state index in [-0.39, 0.29) is 45.8 Å². The van der Waals surface area contributed by atoms with Gasteiger partial charge in [-0.1, -0.05) is 133 Å². The fourth-order valence-electron chi connectivity index (χ4n) is 7.78. The van der Waals surface area contributed by atoms with Crippen LogP contribution in [-0.2, 0) is 67.0 Å². The summed E-state index contributed by atoms with van der Waals surface area (Å²) in [5.74, 6) is -2.07. The smallest absolute Gasteiger partial charge is 0.408 e. The van der Waals surface area contributed by atoms with Crippen LogP contribution in [0, 0.1) is 10.8 Å². The lowest BCUT2D eigenvalue weighted by atomic mass is 9.85. The van der Waals surface area contributed by atoms with Crippen LogP contribution in [0.5, 0.6) is 0 Å². The Morgan fingerprint density at radius 1 is 0.618 bits per heavy atom. The normalized spacial score (nSPS) is 13.7. The third-order valence-electron chi connectivity index (χ3n) is 11.6. The van der Waals surface area contributed by atoms with Crippen molar-refractivity contribution >= 4 is 36.4 Å². The maximum Gasteiger partial charge on any atom is 0.408 e. The first-order valence-electron chi connectivity index (χ1n) is 25.5. The van der Waals surface area contributed by atoms with Crippen LogP contribution >= 0.6 is 0 Å². The number of aromatic nitrogens is 1. The minimum Gasteiger partial charge on any atom is -0.457 e. The van der Waals surface area contributed by atoms with Gasteiger partial charge in [-0.3, -0.25) is 24.8 Å². The number of rotatable bonds is 29. The Bertz CT molecular complexity index is 2390. The zero-order valence-electron chi connectivity index (χ0n) is 45.7. The van der Waals surface area contributed by atoms with Crippen molar-refractivity contribution in [3.05, 3.63) is 126 Å². The molecule has 5 unspecified atom stereocenters. The third kappa shape index (κ3) is 22.5. The number of hydrogen-bond acceptors (Lipinski definition) is 14. The number of carbonyl (C=O) groups is 6. The number of carbonyl (C=O) groups excluding carboxylic acids is 6. The minimum atomic E-state index is -1.31. The molecule has 5 N–H and O–H groups in total. The van der Waals surface area contributed by atoms with Crippen LogP contribution in [-0.4, -0.2) is 136 Å². The maximum absolute atomic E-state index is 15.0. The number of nitrogens with zero attached hydrogens (tertiary/aromatic N) is 2. The Morgan fingerprint density at radius 3 is 1.75 bits per heavy atom. The molecular weight excluding hydrogens is 975 g/mol. The van der Waals surface area contributed by atoms with Crippen molar-refractivity contribution in [1.29, 1.82) is 0 Å². The monoisotopic (exact) mass is 1050 g/mol. The maximum atomic E-state index is 15.0.